The largest absolute Gasteiger partial charge is 2.00 e. The van der Waals surface area contributed by atoms with Crippen LogP contribution in [-0.2, 0) is 33.6 Å². The summed E-state index contributed by atoms with van der Waals surface area (Å²) in [4.78, 5) is 0. The SMILES string of the molecule is [C-]#N.[C-]#N.[C-]#N.[C-]#N.[C-]#N.[C-]#N.[Fe+2].[K+].[K+].[Ni+2]. The molecule has 0 radical (unpaired) electrons. The second-order valence-electron chi connectivity index (χ2n) is 0. The first-order valence-electron chi connectivity index (χ1n) is 1.34. The number of rotatable bonds is 0. The molecular weight excluding hydrogens is 349 g/mol. The van der Waals surface area contributed by atoms with Crippen LogP contribution in [0.25, 0.3) is 0 Å². The summed E-state index contributed by atoms with van der Waals surface area (Å²) in [7, 11) is 0. The van der Waals surface area contributed by atoms with Crippen LogP contribution in [0.2, 0.25) is 0 Å². The van der Waals surface area contributed by atoms with Gasteiger partial charge in [-0.2, -0.15) is 0 Å². The van der Waals surface area contributed by atoms with Crippen molar-refractivity contribution in [2.45, 2.75) is 0 Å². The summed E-state index contributed by atoms with van der Waals surface area (Å²) in [5.74, 6) is 0. The normalized spacial score (nSPS) is 0.750. The Morgan fingerprint density at radius 2 is 0.375 bits per heavy atom. The van der Waals surface area contributed by atoms with Gasteiger partial charge in [-0.05, 0) is 0 Å². The van der Waals surface area contributed by atoms with Gasteiger partial charge in [0.1, 0.15) is 0 Å². The van der Waals surface area contributed by atoms with Crippen molar-refractivity contribution in [2.75, 3.05) is 0 Å². The molecule has 0 bridgehead atoms. The van der Waals surface area contributed by atoms with Gasteiger partial charge in [0.15, 0.2) is 0 Å². The summed E-state index contributed by atoms with van der Waals surface area (Å²) >= 11 is 0. The van der Waals surface area contributed by atoms with Crippen molar-refractivity contribution >= 4 is 0 Å². The molecule has 74 valence electrons. The van der Waals surface area contributed by atoms with Crippen LogP contribution in [0, 0.1) is 71.0 Å². The van der Waals surface area contributed by atoms with Crippen LogP contribution < -0.4 is 103 Å². The Morgan fingerprint density at radius 3 is 0.375 bits per heavy atom. The summed E-state index contributed by atoms with van der Waals surface area (Å²) in [6.45, 7) is 28.5. The van der Waals surface area contributed by atoms with E-state index < -0.39 is 0 Å². The summed E-state index contributed by atoms with van der Waals surface area (Å²) < 4.78 is 0. The van der Waals surface area contributed by atoms with Crippen LogP contribution in [-0.4, -0.2) is 0 Å². The third-order valence-corrected chi connectivity index (χ3v) is 0. The van der Waals surface area contributed by atoms with E-state index in [2.05, 4.69) is 0 Å². The fourth-order valence-corrected chi connectivity index (χ4v) is 0. The fraction of sp³-hybridized carbons (Fsp3) is 0. The Labute approximate surface area is 202 Å². The first kappa shape index (κ1) is 86.9. The first-order chi connectivity index (χ1) is 6.00. The molecule has 0 amide bonds. The summed E-state index contributed by atoms with van der Waals surface area (Å²) in [5.41, 5.74) is 0. The van der Waals surface area contributed by atoms with Gasteiger partial charge in [-0.15, -0.1) is 0 Å². The van der Waals surface area contributed by atoms with E-state index in [0.717, 1.165) is 0 Å². The molecule has 0 heterocycles. The van der Waals surface area contributed by atoms with Crippen LogP contribution >= 0.6 is 0 Å². The van der Waals surface area contributed by atoms with Gasteiger partial charge in [0.2, 0.25) is 0 Å². The van der Waals surface area contributed by atoms with E-state index in [4.69, 9.17) is 71.0 Å². The third kappa shape index (κ3) is 2050. The van der Waals surface area contributed by atoms with E-state index in [0.29, 0.717) is 0 Å². The molecule has 0 aromatic heterocycles. The van der Waals surface area contributed by atoms with Gasteiger partial charge < -0.3 is 71.0 Å². The molecule has 0 aliphatic heterocycles. The maximum absolute atomic E-state index is 6.25. The summed E-state index contributed by atoms with van der Waals surface area (Å²) in [5, 5.41) is 37.5. The minimum atomic E-state index is 0. The van der Waals surface area contributed by atoms with Crippen molar-refractivity contribution in [2.24, 2.45) is 0 Å². The zero-order valence-corrected chi connectivity index (χ0v) is 16.7. The van der Waals surface area contributed by atoms with Crippen molar-refractivity contribution in [1.82, 2.24) is 0 Å². The van der Waals surface area contributed by atoms with Crippen molar-refractivity contribution in [3.05, 3.63) is 39.4 Å². The fourth-order valence-electron chi connectivity index (χ4n) is 0. The molecule has 10 heteroatoms. The van der Waals surface area contributed by atoms with Crippen LogP contribution in [0.5, 0.6) is 0 Å². The molecule has 0 aliphatic carbocycles. The average Bonchev–Trinajstić information content (AvgIpc) is 2.33. The van der Waals surface area contributed by atoms with Crippen LogP contribution in [0.1, 0.15) is 0 Å². The topological polar surface area (TPSA) is 143 Å². The monoisotopic (exact) mass is 348 g/mol. The molecule has 0 aromatic rings. The predicted molar refractivity (Wildman–Crippen MR) is 29.8 cm³/mol. The second kappa shape index (κ2) is 2500. The second-order valence-corrected chi connectivity index (χ2v) is 0. The van der Waals surface area contributed by atoms with Gasteiger partial charge in [-0.3, -0.25) is 0 Å². The molecule has 0 spiro atoms. The van der Waals surface area contributed by atoms with E-state index >= 15 is 0 Å². The Balaban J connectivity index is -0.00000000321. The Kier molecular flexibility index (Phi) is 13600. The van der Waals surface area contributed by atoms with E-state index in [1.165, 1.54) is 0 Å². The molecule has 0 aliphatic rings. The van der Waals surface area contributed by atoms with Gasteiger partial charge >= 0.3 is 136 Å². The number of nitrogens with zero attached hydrogens (tertiary/aromatic N) is 6. The molecule has 0 rings (SSSR count). The van der Waals surface area contributed by atoms with Gasteiger partial charge in [0, 0.05) is 0 Å². The van der Waals surface area contributed by atoms with Gasteiger partial charge in [0.25, 0.3) is 0 Å². The minimum absolute atomic E-state index is 0. The van der Waals surface area contributed by atoms with Crippen LogP contribution in [0.4, 0.5) is 0 Å². The summed E-state index contributed by atoms with van der Waals surface area (Å²) in [6, 6.07) is 0. The van der Waals surface area contributed by atoms with Crippen molar-refractivity contribution < 1.29 is 136 Å². The molecule has 0 saturated carbocycles. The summed E-state index contributed by atoms with van der Waals surface area (Å²) in [6.07, 6.45) is 0. The quantitative estimate of drug-likeness (QED) is 0.316. The maximum atomic E-state index is 6.25. The van der Waals surface area contributed by atoms with E-state index in [1.807, 2.05) is 0 Å². The molecule has 0 unspecified atom stereocenters. The maximum Gasteiger partial charge on any atom is 2.00 e. The minimum Gasteiger partial charge on any atom is -0.512 e. The van der Waals surface area contributed by atoms with Crippen LogP contribution in [0.3, 0.4) is 0 Å². The van der Waals surface area contributed by atoms with E-state index in [9.17, 15) is 0 Å². The Bertz CT molecular complexity index is 106. The van der Waals surface area contributed by atoms with Crippen molar-refractivity contribution in [1.29, 1.82) is 31.6 Å². The average molecular weight is 349 g/mol. The molecule has 0 aromatic carbocycles. The first-order valence-corrected chi connectivity index (χ1v) is 1.34. The molecular formula is C6FeK2N6Ni. The Morgan fingerprint density at radius 1 is 0.375 bits per heavy atom. The number of hydrogen-bond donors (Lipinski definition) is 0. The van der Waals surface area contributed by atoms with Crippen molar-refractivity contribution in [3.8, 4) is 0 Å². The molecule has 0 atom stereocenters. The third-order valence-electron chi connectivity index (χ3n) is 0. The smallest absolute Gasteiger partial charge is 0.512 e. The zero-order chi connectivity index (χ0) is 12.0. The molecule has 0 saturated heterocycles. The van der Waals surface area contributed by atoms with Gasteiger partial charge in [-0.1, -0.05) is 0 Å². The van der Waals surface area contributed by atoms with E-state index in [-0.39, 0.29) is 136 Å². The Hall–Kier alpha value is 1.23. The predicted octanol–water partition coefficient (Wildman–Crippen LogP) is -5.42. The van der Waals surface area contributed by atoms with Crippen LogP contribution in [0.15, 0.2) is 0 Å². The van der Waals surface area contributed by atoms with Crippen molar-refractivity contribution in [3.63, 3.8) is 0 Å². The standard InChI is InChI=1S/6CN.Fe.2K.Ni/c6*1-2;;;;/q6*-1;+2;2*+1;+2. The number of hydrogen-bond acceptors (Lipinski definition) is 6. The van der Waals surface area contributed by atoms with E-state index in [1.54, 1.807) is 0 Å². The zero-order valence-electron chi connectivity index (χ0n) is 8.35. The molecule has 0 fully saturated rings. The van der Waals surface area contributed by atoms with Gasteiger partial charge in [-0.25, -0.2) is 0 Å². The molecule has 16 heavy (non-hydrogen) atoms. The molecule has 6 nitrogen and oxygen atoms in total. The molecule has 0 N–H and O–H groups in total. The van der Waals surface area contributed by atoms with Gasteiger partial charge in [0.05, 0.1) is 0 Å².